The number of H-pyrrole nitrogens is 1. The number of aryl methyl sites for hydroxylation is 1. The van der Waals surface area contributed by atoms with Gasteiger partial charge in [0.25, 0.3) is 5.91 Å². The van der Waals surface area contributed by atoms with Gasteiger partial charge < -0.3 is 14.7 Å². The number of likely N-dealkylation sites (tertiary alicyclic amines) is 1. The number of benzene rings is 2. The molecule has 3 heterocycles. The highest BCUT2D eigenvalue weighted by atomic mass is 16.5. The van der Waals surface area contributed by atoms with Crippen LogP contribution >= 0.6 is 0 Å². The van der Waals surface area contributed by atoms with Crippen LogP contribution in [-0.2, 0) is 22.7 Å². The van der Waals surface area contributed by atoms with E-state index in [9.17, 15) is 14.7 Å². The second-order valence-electron chi connectivity index (χ2n) is 8.84. The van der Waals surface area contributed by atoms with Crippen molar-refractivity contribution in [2.45, 2.75) is 26.1 Å². The quantitative estimate of drug-likeness (QED) is 0.225. The molecule has 1 fully saturated rings. The van der Waals surface area contributed by atoms with Crippen LogP contribution in [0.15, 0.2) is 103 Å². The summed E-state index contributed by atoms with van der Waals surface area (Å²) in [7, 11) is 0. The summed E-state index contributed by atoms with van der Waals surface area (Å²) in [4.78, 5) is 34.7. The summed E-state index contributed by atoms with van der Waals surface area (Å²) < 4.78 is 5.89. The molecule has 2 aromatic heterocycles. The lowest BCUT2D eigenvalue weighted by molar-refractivity contribution is -0.378. The van der Waals surface area contributed by atoms with Crippen molar-refractivity contribution in [3.63, 3.8) is 0 Å². The second-order valence-corrected chi connectivity index (χ2v) is 8.84. The number of nitrogens with one attached hydrogen (secondary N) is 1. The number of pyridine rings is 2. The average molecular weight is 492 g/mol. The second kappa shape index (κ2) is 10.5. The molecule has 5 rings (SSSR count). The molecule has 0 bridgehead atoms. The Balaban J connectivity index is 1.46. The van der Waals surface area contributed by atoms with Crippen LogP contribution in [0.4, 0.5) is 0 Å². The lowest BCUT2D eigenvalue weighted by Gasteiger charge is -2.27. The minimum Gasteiger partial charge on any atom is -0.872 e. The maximum absolute atomic E-state index is 13.6. The molecule has 0 radical (unpaired) electrons. The monoisotopic (exact) mass is 491 g/mol. The number of rotatable bonds is 7. The van der Waals surface area contributed by atoms with Crippen LogP contribution < -0.4 is 14.8 Å². The van der Waals surface area contributed by atoms with E-state index in [2.05, 4.69) is 9.97 Å². The Kier molecular flexibility index (Phi) is 6.76. The fourth-order valence-electron chi connectivity index (χ4n) is 4.44. The van der Waals surface area contributed by atoms with Crippen molar-refractivity contribution in [2.75, 3.05) is 0 Å². The first-order valence-electron chi connectivity index (χ1n) is 11.9. The van der Waals surface area contributed by atoms with Gasteiger partial charge in [0.15, 0.2) is 12.4 Å². The highest BCUT2D eigenvalue weighted by molar-refractivity contribution is 6.46. The number of aromatic nitrogens is 2. The largest absolute Gasteiger partial charge is 0.872 e. The lowest BCUT2D eigenvalue weighted by Crippen LogP contribution is -2.29. The molecule has 7 heteroatoms. The minimum absolute atomic E-state index is 0.0651. The topological polar surface area (TPSA) is 96.7 Å². The van der Waals surface area contributed by atoms with Crippen LogP contribution in [0.3, 0.4) is 0 Å². The van der Waals surface area contributed by atoms with Crippen LogP contribution in [0.25, 0.3) is 5.76 Å². The predicted octanol–water partition coefficient (Wildman–Crippen LogP) is 3.21. The van der Waals surface area contributed by atoms with Gasteiger partial charge in [0.1, 0.15) is 12.4 Å². The fraction of sp³-hybridized carbons (Fsp3) is 0.133. The van der Waals surface area contributed by atoms with E-state index < -0.39 is 23.5 Å². The molecule has 0 saturated carbocycles. The van der Waals surface area contributed by atoms with E-state index in [4.69, 9.17) is 4.74 Å². The molecule has 0 spiro atoms. The highest BCUT2D eigenvalue weighted by Gasteiger charge is 2.44. The highest BCUT2D eigenvalue weighted by Crippen LogP contribution is 2.39. The van der Waals surface area contributed by atoms with E-state index in [1.165, 1.54) is 4.90 Å². The van der Waals surface area contributed by atoms with Crippen molar-refractivity contribution in [3.8, 4) is 5.75 Å². The van der Waals surface area contributed by atoms with E-state index in [0.717, 1.165) is 16.7 Å². The summed E-state index contributed by atoms with van der Waals surface area (Å²) in [5.41, 5.74) is 3.92. The Hall–Kier alpha value is -4.78. The molecule has 1 amide bonds. The maximum Gasteiger partial charge on any atom is 0.295 e. The number of Topliss-reactive ketones (excluding diaryl/α,β-unsaturated/α-hetero) is 1. The van der Waals surface area contributed by atoms with Crippen LogP contribution in [0.2, 0.25) is 0 Å². The molecule has 0 aliphatic carbocycles. The Morgan fingerprint density at radius 3 is 2.46 bits per heavy atom. The van der Waals surface area contributed by atoms with Crippen molar-refractivity contribution in [2.24, 2.45) is 0 Å². The zero-order valence-corrected chi connectivity index (χ0v) is 20.3. The molecule has 184 valence electrons. The number of carbonyl (C=O) groups is 2. The lowest BCUT2D eigenvalue weighted by atomic mass is 9.96. The molecule has 1 atom stereocenters. The summed E-state index contributed by atoms with van der Waals surface area (Å²) in [5, 5.41) is 13.6. The van der Waals surface area contributed by atoms with E-state index >= 15 is 0 Å². The van der Waals surface area contributed by atoms with E-state index in [0.29, 0.717) is 23.5 Å². The molecule has 1 unspecified atom stereocenters. The molecule has 1 N–H and O–H groups in total. The van der Waals surface area contributed by atoms with Gasteiger partial charge >= 0.3 is 0 Å². The van der Waals surface area contributed by atoms with Gasteiger partial charge in [-0.3, -0.25) is 14.6 Å². The van der Waals surface area contributed by atoms with E-state index in [1.807, 2.05) is 43.3 Å². The first-order valence-corrected chi connectivity index (χ1v) is 11.9. The third-order valence-electron chi connectivity index (χ3n) is 6.45. The Morgan fingerprint density at radius 1 is 1.00 bits per heavy atom. The summed E-state index contributed by atoms with van der Waals surface area (Å²) in [6.45, 7) is 2.60. The standard InChI is InChI=1S/C30H25N3O4/c1-20-5-2-3-7-24(20)19-37-25-10-8-23(9-11-25)28(34)26-27(22-12-15-31-16-13-22)33(30(36)29(26)35)18-21-6-4-14-32-17-21/h2-17,27,34H,18-19H2,1H3. The van der Waals surface area contributed by atoms with Gasteiger partial charge in [-0.15, -0.1) is 0 Å². The number of aromatic amines is 1. The normalized spacial score (nSPS) is 16.7. The number of hydrogen-bond donors (Lipinski definition) is 0. The maximum atomic E-state index is 13.6. The van der Waals surface area contributed by atoms with Gasteiger partial charge in [-0.25, -0.2) is 4.98 Å². The summed E-state index contributed by atoms with van der Waals surface area (Å²) in [6, 6.07) is 20.9. The molecule has 4 aromatic rings. The summed E-state index contributed by atoms with van der Waals surface area (Å²) in [5.74, 6) is -1.36. The number of ether oxygens (including phenoxy) is 1. The van der Waals surface area contributed by atoms with Crippen LogP contribution in [0.5, 0.6) is 5.75 Å². The molecule has 1 aliphatic rings. The minimum atomic E-state index is -0.812. The third kappa shape index (κ3) is 4.97. The van der Waals surface area contributed by atoms with Crippen molar-refractivity contribution >= 4 is 17.4 Å². The smallest absolute Gasteiger partial charge is 0.295 e. The predicted molar refractivity (Wildman–Crippen MR) is 134 cm³/mol. The molecule has 1 aliphatic heterocycles. The zero-order chi connectivity index (χ0) is 25.8. The first-order chi connectivity index (χ1) is 18.0. The molecule has 2 aromatic carbocycles. The van der Waals surface area contributed by atoms with Crippen molar-refractivity contribution in [3.05, 3.63) is 131 Å². The third-order valence-corrected chi connectivity index (χ3v) is 6.45. The van der Waals surface area contributed by atoms with Crippen molar-refractivity contribution < 1.29 is 24.4 Å². The number of carbonyl (C=O) groups excluding carboxylic acids is 2. The van der Waals surface area contributed by atoms with Gasteiger partial charge in [-0.1, -0.05) is 42.2 Å². The van der Waals surface area contributed by atoms with Gasteiger partial charge in [-0.05, 0) is 59.5 Å². The van der Waals surface area contributed by atoms with Gasteiger partial charge in [0, 0.05) is 29.6 Å². The fourth-order valence-corrected chi connectivity index (χ4v) is 4.44. The number of amides is 1. The number of nitrogens with zero attached hydrogens (tertiary/aromatic N) is 2. The Labute approximate surface area is 214 Å². The van der Waals surface area contributed by atoms with E-state index in [1.54, 1.807) is 61.2 Å². The molecular formula is C30H25N3O4. The average Bonchev–Trinajstić information content (AvgIpc) is 3.18. The van der Waals surface area contributed by atoms with Gasteiger partial charge in [0.2, 0.25) is 5.78 Å². The Morgan fingerprint density at radius 2 is 1.76 bits per heavy atom. The van der Waals surface area contributed by atoms with E-state index in [-0.39, 0.29) is 12.1 Å². The van der Waals surface area contributed by atoms with Gasteiger partial charge in [0.05, 0.1) is 12.6 Å². The number of ketones is 1. The molecule has 7 nitrogen and oxygen atoms in total. The SMILES string of the molecule is Cc1ccccc1COc1ccc(C([O-])=C2C(=O)C(=O)N(Cc3ccc[nH+]c3)C2c2ccncc2)cc1. The van der Waals surface area contributed by atoms with Crippen LogP contribution in [0.1, 0.15) is 33.9 Å². The number of hydrogen-bond acceptors (Lipinski definition) is 5. The van der Waals surface area contributed by atoms with Gasteiger partial charge in [-0.2, -0.15) is 0 Å². The van der Waals surface area contributed by atoms with Crippen molar-refractivity contribution in [1.29, 1.82) is 0 Å². The van der Waals surface area contributed by atoms with Crippen LogP contribution in [0, 0.1) is 6.92 Å². The van der Waals surface area contributed by atoms with Crippen LogP contribution in [-0.4, -0.2) is 21.6 Å². The summed E-state index contributed by atoms with van der Waals surface area (Å²) >= 11 is 0. The summed E-state index contributed by atoms with van der Waals surface area (Å²) in [6.07, 6.45) is 6.69. The van der Waals surface area contributed by atoms with Crippen molar-refractivity contribution in [1.82, 2.24) is 9.88 Å². The molecule has 1 saturated heterocycles. The Bertz CT molecular complexity index is 1450. The first kappa shape index (κ1) is 23.9. The molecular weight excluding hydrogens is 466 g/mol. The zero-order valence-electron chi connectivity index (χ0n) is 20.3. The molecule has 37 heavy (non-hydrogen) atoms.